The van der Waals surface area contributed by atoms with Crippen LogP contribution in [-0.4, -0.2) is 55.5 Å². The van der Waals surface area contributed by atoms with Crippen molar-refractivity contribution in [2.45, 2.75) is 19.4 Å². The Kier molecular flexibility index (Phi) is 4.09. The lowest BCUT2D eigenvalue weighted by Crippen LogP contribution is -2.32. The van der Waals surface area contributed by atoms with Gasteiger partial charge in [-0.3, -0.25) is 4.90 Å². The quantitative estimate of drug-likeness (QED) is 0.715. The number of sulfone groups is 1. The molecule has 0 spiro atoms. The third-order valence-electron chi connectivity index (χ3n) is 2.85. The van der Waals surface area contributed by atoms with E-state index in [0.29, 0.717) is 13.0 Å². The first-order chi connectivity index (χ1) is 7.32. The number of aliphatic carboxylic acids is 1. The lowest BCUT2D eigenvalue weighted by atomic mass is 10.2. The average molecular weight is 247 g/mol. The molecular formula is C10H17NO4S. The van der Waals surface area contributed by atoms with Crippen LogP contribution in [0.25, 0.3) is 0 Å². The van der Waals surface area contributed by atoms with Crippen molar-refractivity contribution >= 4 is 15.8 Å². The van der Waals surface area contributed by atoms with Crippen LogP contribution >= 0.6 is 0 Å². The third kappa shape index (κ3) is 3.61. The predicted molar refractivity (Wildman–Crippen MR) is 61.1 cm³/mol. The zero-order valence-corrected chi connectivity index (χ0v) is 10.3. The second-order valence-corrected chi connectivity index (χ2v) is 6.42. The van der Waals surface area contributed by atoms with Gasteiger partial charge < -0.3 is 5.11 Å². The molecule has 16 heavy (non-hydrogen) atoms. The number of carbonyl (C=O) groups is 1. The van der Waals surface area contributed by atoms with Crippen LogP contribution in [0.5, 0.6) is 0 Å². The minimum Gasteiger partial charge on any atom is -0.478 e. The van der Waals surface area contributed by atoms with Gasteiger partial charge in [-0.1, -0.05) is 6.08 Å². The topological polar surface area (TPSA) is 74.7 Å². The summed E-state index contributed by atoms with van der Waals surface area (Å²) < 4.78 is 22.5. The van der Waals surface area contributed by atoms with Crippen molar-refractivity contribution in [2.75, 3.05) is 25.1 Å². The first-order valence-corrected chi connectivity index (χ1v) is 6.94. The van der Waals surface area contributed by atoms with Crippen molar-refractivity contribution in [3.63, 3.8) is 0 Å². The summed E-state index contributed by atoms with van der Waals surface area (Å²) in [5.41, 5.74) is 0.285. The molecule has 1 rings (SSSR count). The molecule has 0 aromatic heterocycles. The lowest BCUT2D eigenvalue weighted by molar-refractivity contribution is -0.132. The molecule has 0 saturated carbocycles. The molecule has 92 valence electrons. The Morgan fingerprint density at radius 3 is 2.62 bits per heavy atom. The van der Waals surface area contributed by atoms with Gasteiger partial charge in [-0.2, -0.15) is 0 Å². The highest BCUT2D eigenvalue weighted by molar-refractivity contribution is 7.91. The number of carboxylic acid groups (broad SMARTS) is 1. The molecule has 0 aliphatic carbocycles. The number of carboxylic acids is 1. The van der Waals surface area contributed by atoms with Crippen molar-refractivity contribution in [1.82, 2.24) is 4.90 Å². The normalized spacial score (nSPS) is 24.9. The van der Waals surface area contributed by atoms with E-state index in [0.717, 1.165) is 0 Å². The van der Waals surface area contributed by atoms with Crippen LogP contribution in [0.15, 0.2) is 11.6 Å². The molecule has 5 nitrogen and oxygen atoms in total. The lowest BCUT2D eigenvalue weighted by Gasteiger charge is -2.21. The van der Waals surface area contributed by atoms with E-state index in [9.17, 15) is 13.2 Å². The summed E-state index contributed by atoms with van der Waals surface area (Å²) in [6.45, 7) is 2.00. The van der Waals surface area contributed by atoms with E-state index in [4.69, 9.17) is 5.11 Å². The molecule has 1 aliphatic rings. The van der Waals surface area contributed by atoms with Crippen LogP contribution in [0.2, 0.25) is 0 Å². The van der Waals surface area contributed by atoms with Crippen LogP contribution in [-0.2, 0) is 14.6 Å². The molecule has 1 atom stereocenters. The van der Waals surface area contributed by atoms with Crippen LogP contribution in [0.1, 0.15) is 13.3 Å². The maximum Gasteiger partial charge on any atom is 0.330 e. The molecule has 1 fully saturated rings. The molecule has 6 heteroatoms. The van der Waals surface area contributed by atoms with Crippen molar-refractivity contribution in [3.8, 4) is 0 Å². The molecular weight excluding hydrogens is 230 g/mol. The van der Waals surface area contributed by atoms with Crippen LogP contribution < -0.4 is 0 Å². The fourth-order valence-electron chi connectivity index (χ4n) is 1.64. The van der Waals surface area contributed by atoms with Crippen LogP contribution in [0.4, 0.5) is 0 Å². The molecule has 1 heterocycles. The zero-order chi connectivity index (χ0) is 12.3. The summed E-state index contributed by atoms with van der Waals surface area (Å²) in [5.74, 6) is -0.514. The molecule has 0 radical (unpaired) electrons. The number of hydrogen-bond acceptors (Lipinski definition) is 4. The summed E-state index contributed by atoms with van der Waals surface area (Å²) in [7, 11) is -1.06. The van der Waals surface area contributed by atoms with Gasteiger partial charge in [-0.05, 0) is 20.4 Å². The molecule has 0 aromatic carbocycles. The Balaban J connectivity index is 2.51. The summed E-state index contributed by atoms with van der Waals surface area (Å²) in [6, 6.07) is 0.0165. The number of likely N-dealkylation sites (N-methyl/N-ethyl adjacent to an activating group) is 1. The summed E-state index contributed by atoms with van der Waals surface area (Å²) in [5, 5.41) is 8.66. The summed E-state index contributed by atoms with van der Waals surface area (Å²) in [6.07, 6.45) is 2.24. The van der Waals surface area contributed by atoms with Gasteiger partial charge in [0.2, 0.25) is 0 Å². The van der Waals surface area contributed by atoms with Gasteiger partial charge >= 0.3 is 5.97 Å². The molecule has 1 aliphatic heterocycles. The highest BCUT2D eigenvalue weighted by atomic mass is 32.2. The van der Waals surface area contributed by atoms with Crippen molar-refractivity contribution in [1.29, 1.82) is 0 Å². The SMILES string of the molecule is CC(=CCN(C)C1CCS(=O)(=O)C1)C(=O)O. The van der Waals surface area contributed by atoms with Gasteiger partial charge in [0.05, 0.1) is 11.5 Å². The van der Waals surface area contributed by atoms with Gasteiger partial charge in [0, 0.05) is 18.2 Å². The fraction of sp³-hybridized carbons (Fsp3) is 0.700. The summed E-state index contributed by atoms with van der Waals surface area (Å²) >= 11 is 0. The number of nitrogens with zero attached hydrogens (tertiary/aromatic N) is 1. The maximum absolute atomic E-state index is 11.3. The van der Waals surface area contributed by atoms with E-state index < -0.39 is 15.8 Å². The van der Waals surface area contributed by atoms with Gasteiger partial charge in [0.1, 0.15) is 0 Å². The van der Waals surface area contributed by atoms with E-state index in [1.54, 1.807) is 6.08 Å². The molecule has 0 bridgehead atoms. The van der Waals surface area contributed by atoms with Crippen LogP contribution in [0, 0.1) is 0 Å². The first-order valence-electron chi connectivity index (χ1n) is 5.12. The van der Waals surface area contributed by atoms with Gasteiger partial charge in [-0.25, -0.2) is 13.2 Å². The van der Waals surface area contributed by atoms with E-state index >= 15 is 0 Å². The van der Waals surface area contributed by atoms with E-state index in [1.807, 2.05) is 11.9 Å². The van der Waals surface area contributed by atoms with Crippen molar-refractivity contribution < 1.29 is 18.3 Å². The van der Waals surface area contributed by atoms with Crippen molar-refractivity contribution in [3.05, 3.63) is 11.6 Å². The Bertz CT molecular complexity index is 399. The minimum atomic E-state index is -2.87. The highest BCUT2D eigenvalue weighted by Gasteiger charge is 2.30. The van der Waals surface area contributed by atoms with Gasteiger partial charge in [0.25, 0.3) is 0 Å². The predicted octanol–water partition coefficient (Wildman–Crippen LogP) is 0.136. The van der Waals surface area contributed by atoms with Gasteiger partial charge in [-0.15, -0.1) is 0 Å². The third-order valence-corrected chi connectivity index (χ3v) is 4.60. The van der Waals surface area contributed by atoms with Gasteiger partial charge in [0.15, 0.2) is 9.84 Å². The van der Waals surface area contributed by atoms with Crippen molar-refractivity contribution in [2.24, 2.45) is 0 Å². The van der Waals surface area contributed by atoms with E-state index in [1.165, 1.54) is 6.92 Å². The second kappa shape index (κ2) is 4.97. The molecule has 0 amide bonds. The molecule has 1 unspecified atom stereocenters. The Morgan fingerprint density at radius 2 is 2.19 bits per heavy atom. The second-order valence-electron chi connectivity index (χ2n) is 4.19. The largest absolute Gasteiger partial charge is 0.478 e. The first kappa shape index (κ1) is 13.2. The molecule has 0 aromatic rings. The molecule has 1 N–H and O–H groups in total. The van der Waals surface area contributed by atoms with Crippen LogP contribution in [0.3, 0.4) is 0 Å². The Hall–Kier alpha value is -0.880. The zero-order valence-electron chi connectivity index (χ0n) is 9.51. The van der Waals surface area contributed by atoms with E-state index in [2.05, 4.69) is 0 Å². The summed E-state index contributed by atoms with van der Waals surface area (Å²) in [4.78, 5) is 12.4. The monoisotopic (exact) mass is 247 g/mol. The fourth-order valence-corrected chi connectivity index (χ4v) is 3.45. The number of rotatable bonds is 4. The smallest absolute Gasteiger partial charge is 0.330 e. The molecule has 1 saturated heterocycles. The average Bonchev–Trinajstić information content (AvgIpc) is 2.54. The van der Waals surface area contributed by atoms with E-state index in [-0.39, 0.29) is 23.1 Å². The number of hydrogen-bond donors (Lipinski definition) is 1. The maximum atomic E-state index is 11.3. The Labute approximate surface area is 95.7 Å². The minimum absolute atomic E-state index is 0.0165. The standard InChI is InChI=1S/C10H17NO4S/c1-8(10(12)13)3-5-11(2)9-4-6-16(14,15)7-9/h3,9H,4-7H2,1-2H3,(H,12,13). The highest BCUT2D eigenvalue weighted by Crippen LogP contribution is 2.16. The Morgan fingerprint density at radius 1 is 1.56 bits per heavy atom.